The molecule has 1 amide bonds. The van der Waals surface area contributed by atoms with Crippen LogP contribution >= 0.6 is 0 Å². The summed E-state index contributed by atoms with van der Waals surface area (Å²) in [6.07, 6.45) is 5.89. The highest BCUT2D eigenvalue weighted by atomic mass is 19.1. The fourth-order valence-electron chi connectivity index (χ4n) is 4.33. The lowest BCUT2D eigenvalue weighted by atomic mass is 10.1. The highest BCUT2D eigenvalue weighted by Gasteiger charge is 2.28. The average Bonchev–Trinajstić information content (AvgIpc) is 3.43. The zero-order valence-electron chi connectivity index (χ0n) is 18.8. The highest BCUT2D eigenvalue weighted by molar-refractivity contribution is 6.06. The number of aryl methyl sites for hydroxylation is 1. The Morgan fingerprint density at radius 3 is 2.97 bits per heavy atom. The average molecular weight is 475 g/mol. The van der Waals surface area contributed by atoms with Gasteiger partial charge in [0.2, 0.25) is 0 Å². The predicted octanol–water partition coefficient (Wildman–Crippen LogP) is 3.03. The molecule has 0 spiro atoms. The first-order valence-electron chi connectivity index (χ1n) is 11.3. The van der Waals surface area contributed by atoms with Crippen LogP contribution in [0.1, 0.15) is 46.4 Å². The van der Waals surface area contributed by atoms with Crippen molar-refractivity contribution in [2.24, 2.45) is 0 Å². The molecule has 2 N–H and O–H groups in total. The lowest BCUT2D eigenvalue weighted by molar-refractivity contribution is 0.102. The van der Waals surface area contributed by atoms with Crippen LogP contribution in [-0.4, -0.2) is 54.0 Å². The lowest BCUT2D eigenvalue weighted by Gasteiger charge is -2.15. The Labute approximate surface area is 199 Å². The smallest absolute Gasteiger partial charge is 0.258 e. The Hall–Kier alpha value is -4.12. The molecule has 6 rings (SSSR count). The number of benzene rings is 2. The van der Waals surface area contributed by atoms with E-state index in [1.807, 2.05) is 10.8 Å². The Bertz CT molecular complexity index is 1440. The predicted molar refractivity (Wildman–Crippen MR) is 123 cm³/mol. The van der Waals surface area contributed by atoms with Crippen LogP contribution in [-0.2, 0) is 0 Å². The zero-order chi connectivity index (χ0) is 24.1. The quantitative estimate of drug-likeness (QED) is 0.455. The van der Waals surface area contributed by atoms with Crippen molar-refractivity contribution in [3.8, 4) is 22.8 Å². The van der Waals surface area contributed by atoms with Gasteiger partial charge >= 0.3 is 0 Å². The van der Waals surface area contributed by atoms with Gasteiger partial charge in [0.05, 0.1) is 41.1 Å². The number of hydrogen-bond donors (Lipinski definition) is 2. The number of amides is 1. The number of para-hydroxylation sites is 1. The SMILES string of the molecule is Cc1cc(F)c(C(=O)Nc2cccc3c2OC[C@H](CO)n2nnnc2-3)cc1-n1cnc(C2CC2)c1. The third-order valence-electron chi connectivity index (χ3n) is 6.38. The fourth-order valence-corrected chi connectivity index (χ4v) is 4.33. The topological polar surface area (TPSA) is 120 Å². The van der Waals surface area contributed by atoms with E-state index >= 15 is 0 Å². The number of imidazole rings is 1. The van der Waals surface area contributed by atoms with Crippen molar-refractivity contribution in [1.29, 1.82) is 0 Å². The molecule has 10 nitrogen and oxygen atoms in total. The van der Waals surface area contributed by atoms with Crippen molar-refractivity contribution in [3.05, 3.63) is 65.5 Å². The van der Waals surface area contributed by atoms with Crippen LogP contribution in [0, 0.1) is 12.7 Å². The number of halogens is 1. The number of fused-ring (bicyclic) bond motifs is 3. The van der Waals surface area contributed by atoms with E-state index in [0.29, 0.717) is 40.0 Å². The number of carbonyl (C=O) groups excluding carboxylic acids is 1. The molecule has 0 bridgehead atoms. The Morgan fingerprint density at radius 1 is 1.31 bits per heavy atom. The number of hydrogen-bond acceptors (Lipinski definition) is 7. The van der Waals surface area contributed by atoms with E-state index in [1.54, 1.807) is 31.5 Å². The van der Waals surface area contributed by atoms with Crippen LogP contribution < -0.4 is 10.1 Å². The number of aliphatic hydroxyl groups is 1. The minimum absolute atomic E-state index is 0.0986. The number of rotatable bonds is 5. The summed E-state index contributed by atoms with van der Waals surface area (Å²) in [6, 6.07) is 7.54. The summed E-state index contributed by atoms with van der Waals surface area (Å²) < 4.78 is 24.2. The summed E-state index contributed by atoms with van der Waals surface area (Å²) in [5, 5.41) is 24.2. The summed E-state index contributed by atoms with van der Waals surface area (Å²) in [4.78, 5) is 17.7. The second-order valence-electron chi connectivity index (χ2n) is 8.83. The molecular weight excluding hydrogens is 453 g/mol. The van der Waals surface area contributed by atoms with Crippen LogP contribution in [0.2, 0.25) is 0 Å². The number of nitrogens with one attached hydrogen (secondary N) is 1. The van der Waals surface area contributed by atoms with Gasteiger partial charge in [0.1, 0.15) is 18.5 Å². The summed E-state index contributed by atoms with van der Waals surface area (Å²) in [5.41, 5.74) is 3.19. The summed E-state index contributed by atoms with van der Waals surface area (Å²) in [7, 11) is 0. The minimum atomic E-state index is -0.626. The maximum atomic E-state index is 14.9. The van der Waals surface area contributed by atoms with Crippen molar-refractivity contribution >= 4 is 11.6 Å². The van der Waals surface area contributed by atoms with E-state index in [4.69, 9.17) is 4.74 Å². The minimum Gasteiger partial charge on any atom is -0.488 e. The fraction of sp³-hybridized carbons (Fsp3) is 0.292. The highest BCUT2D eigenvalue weighted by Crippen LogP contribution is 2.40. The molecule has 3 heterocycles. The maximum absolute atomic E-state index is 14.9. The van der Waals surface area contributed by atoms with Gasteiger partial charge in [0.15, 0.2) is 11.6 Å². The Morgan fingerprint density at radius 2 is 2.17 bits per heavy atom. The number of aliphatic hydroxyl groups excluding tert-OH is 1. The van der Waals surface area contributed by atoms with Crippen LogP contribution in [0.4, 0.5) is 10.1 Å². The molecular formula is C24H22FN7O3. The number of ether oxygens (including phenoxy) is 1. The number of anilines is 1. The maximum Gasteiger partial charge on any atom is 0.258 e. The van der Waals surface area contributed by atoms with Gasteiger partial charge in [-0.25, -0.2) is 14.1 Å². The number of tetrazole rings is 1. The molecule has 2 aliphatic rings. The van der Waals surface area contributed by atoms with Crippen LogP contribution in [0.15, 0.2) is 42.9 Å². The van der Waals surface area contributed by atoms with Crippen LogP contribution in [0.25, 0.3) is 17.1 Å². The molecule has 1 fully saturated rings. The van der Waals surface area contributed by atoms with Crippen molar-refractivity contribution in [2.45, 2.75) is 31.7 Å². The molecule has 0 saturated heterocycles. The van der Waals surface area contributed by atoms with Crippen molar-refractivity contribution in [3.63, 3.8) is 0 Å². The standard InChI is InChI=1S/C24H22FN7O3/c1-13-7-18(25)17(8-21(13)31-9-20(26-12-31)14-5-6-14)24(34)27-19-4-2-3-16-22(19)35-11-15(10-33)32-23(16)28-29-30-32/h2-4,7-9,12,14-15,33H,5-6,10-11H2,1H3,(H,27,34)/t15-/m0/s1. The first-order chi connectivity index (χ1) is 17.0. The van der Waals surface area contributed by atoms with E-state index < -0.39 is 17.8 Å². The van der Waals surface area contributed by atoms with E-state index in [2.05, 4.69) is 25.8 Å². The number of carbonyl (C=O) groups is 1. The van der Waals surface area contributed by atoms with E-state index in [1.165, 1.54) is 16.8 Å². The van der Waals surface area contributed by atoms with Crippen molar-refractivity contribution in [1.82, 2.24) is 29.8 Å². The Kier molecular flexibility index (Phi) is 5.06. The molecule has 2 aromatic heterocycles. The molecule has 1 saturated carbocycles. The van der Waals surface area contributed by atoms with Gasteiger partial charge in [0.25, 0.3) is 5.91 Å². The molecule has 178 valence electrons. The molecule has 11 heteroatoms. The van der Waals surface area contributed by atoms with Gasteiger partial charge in [-0.3, -0.25) is 4.79 Å². The monoisotopic (exact) mass is 475 g/mol. The lowest BCUT2D eigenvalue weighted by Crippen LogP contribution is -2.21. The first kappa shape index (κ1) is 21.4. The van der Waals surface area contributed by atoms with Gasteiger partial charge in [-0.05, 0) is 60.0 Å². The Balaban J connectivity index is 1.34. The zero-order valence-corrected chi connectivity index (χ0v) is 18.8. The summed E-state index contributed by atoms with van der Waals surface area (Å²) >= 11 is 0. The molecule has 2 aromatic carbocycles. The first-order valence-corrected chi connectivity index (χ1v) is 11.3. The van der Waals surface area contributed by atoms with E-state index in [9.17, 15) is 14.3 Å². The van der Waals surface area contributed by atoms with Crippen molar-refractivity contribution in [2.75, 3.05) is 18.5 Å². The normalized spacial score (nSPS) is 16.7. The van der Waals surface area contributed by atoms with Crippen LogP contribution in [0.5, 0.6) is 5.75 Å². The summed E-state index contributed by atoms with van der Waals surface area (Å²) in [5.74, 6) is -0.00354. The third-order valence-corrected chi connectivity index (χ3v) is 6.38. The van der Waals surface area contributed by atoms with E-state index in [-0.39, 0.29) is 18.8 Å². The van der Waals surface area contributed by atoms with E-state index in [0.717, 1.165) is 18.5 Å². The summed E-state index contributed by atoms with van der Waals surface area (Å²) in [6.45, 7) is 1.67. The molecule has 0 unspecified atom stereocenters. The van der Waals surface area contributed by atoms with Gasteiger partial charge in [-0.15, -0.1) is 5.10 Å². The largest absolute Gasteiger partial charge is 0.488 e. The molecule has 1 aliphatic heterocycles. The van der Waals surface area contributed by atoms with Crippen molar-refractivity contribution < 1.29 is 19.0 Å². The van der Waals surface area contributed by atoms with Crippen LogP contribution in [0.3, 0.4) is 0 Å². The molecule has 1 atom stereocenters. The second-order valence-corrected chi connectivity index (χ2v) is 8.83. The van der Waals surface area contributed by atoms with Gasteiger partial charge < -0.3 is 19.7 Å². The number of aromatic nitrogens is 6. The number of nitrogens with zero attached hydrogens (tertiary/aromatic N) is 6. The van der Waals surface area contributed by atoms with Gasteiger partial charge in [-0.2, -0.15) is 0 Å². The van der Waals surface area contributed by atoms with Gasteiger partial charge in [-0.1, -0.05) is 6.07 Å². The third kappa shape index (κ3) is 3.73. The molecule has 35 heavy (non-hydrogen) atoms. The molecule has 0 radical (unpaired) electrons. The molecule has 4 aromatic rings. The second kappa shape index (κ2) is 8.27. The van der Waals surface area contributed by atoms with Gasteiger partial charge in [0, 0.05) is 12.1 Å². The molecule has 1 aliphatic carbocycles.